The van der Waals surface area contributed by atoms with Crippen molar-refractivity contribution in [3.63, 3.8) is 0 Å². The molecule has 8 nitrogen and oxygen atoms in total. The molecule has 7 rings (SSSR count). The third-order valence-corrected chi connectivity index (χ3v) is 9.25. The van der Waals surface area contributed by atoms with E-state index in [2.05, 4.69) is 38.0 Å². The molecule has 4 aromatic rings. The maximum Gasteiger partial charge on any atom is 0.228 e. The second-order valence-corrected chi connectivity index (χ2v) is 11.8. The van der Waals surface area contributed by atoms with E-state index < -0.39 is 11.6 Å². The minimum atomic E-state index is -0.666. The van der Waals surface area contributed by atoms with Crippen LogP contribution in [0, 0.1) is 24.0 Å². The van der Waals surface area contributed by atoms with Crippen LogP contribution in [-0.2, 0) is 0 Å². The van der Waals surface area contributed by atoms with E-state index in [0.717, 1.165) is 45.3 Å². The number of nitrogens with zero attached hydrogens (tertiary/aromatic N) is 6. The Balaban J connectivity index is 1.42. The molecule has 42 heavy (non-hydrogen) atoms. The molecule has 2 aromatic carbocycles. The molecule has 2 bridgehead atoms. The fourth-order valence-corrected chi connectivity index (χ4v) is 7.01. The highest BCUT2D eigenvalue weighted by Crippen LogP contribution is 2.39. The van der Waals surface area contributed by atoms with Crippen molar-refractivity contribution in [2.24, 2.45) is 0 Å². The van der Waals surface area contributed by atoms with Gasteiger partial charge in [0.1, 0.15) is 28.6 Å². The summed E-state index contributed by atoms with van der Waals surface area (Å²) in [6, 6.07) is 6.73. The Kier molecular flexibility index (Phi) is 6.59. The lowest BCUT2D eigenvalue weighted by atomic mass is 9.96. The Morgan fingerprint density at radius 3 is 2.64 bits per heavy atom. The highest BCUT2D eigenvalue weighted by Gasteiger charge is 2.38. The molecule has 5 heterocycles. The largest absolute Gasteiger partial charge is 0.508 e. The van der Waals surface area contributed by atoms with Gasteiger partial charge in [-0.25, -0.2) is 13.8 Å². The predicted octanol–water partition coefficient (Wildman–Crippen LogP) is 4.28. The number of pyridine rings is 1. The number of benzene rings is 2. The van der Waals surface area contributed by atoms with Crippen LogP contribution in [0.3, 0.4) is 0 Å². The van der Waals surface area contributed by atoms with Crippen molar-refractivity contribution < 1.29 is 13.9 Å². The summed E-state index contributed by atoms with van der Waals surface area (Å²) in [6.07, 6.45) is 11.7. The number of likely N-dealkylation sites (N-methyl/N-ethyl adjacent to an activating group) is 2. The van der Waals surface area contributed by atoms with E-state index >= 15 is 4.39 Å². The number of nitrogens with one attached hydrogen (secondary N) is 1. The Bertz CT molecular complexity index is 1740. The van der Waals surface area contributed by atoms with E-state index in [1.54, 1.807) is 6.20 Å². The molecule has 0 amide bonds. The van der Waals surface area contributed by atoms with Crippen LogP contribution in [0.5, 0.6) is 5.75 Å². The molecule has 2 aromatic heterocycles. The van der Waals surface area contributed by atoms with Gasteiger partial charge in [0.15, 0.2) is 5.82 Å². The Morgan fingerprint density at radius 2 is 1.93 bits per heavy atom. The SMILES string of the molecule is C#Cc1c(F)ccc2cc(O)cc(-c3ncc4c(N(C)C[C@H]5CCCN5)nc(N5CC6CCC(C5)N6C)nc4c3F)c12. The lowest BCUT2D eigenvalue weighted by Gasteiger charge is -2.39. The van der Waals surface area contributed by atoms with Gasteiger partial charge in [-0.1, -0.05) is 12.0 Å². The second-order valence-electron chi connectivity index (χ2n) is 11.8. The lowest BCUT2D eigenvalue weighted by molar-refractivity contribution is 0.211. The van der Waals surface area contributed by atoms with E-state index in [9.17, 15) is 9.50 Å². The summed E-state index contributed by atoms with van der Waals surface area (Å²) in [7, 11) is 4.13. The Morgan fingerprint density at radius 1 is 1.14 bits per heavy atom. The monoisotopic (exact) mass is 569 g/mol. The van der Waals surface area contributed by atoms with Gasteiger partial charge >= 0.3 is 0 Å². The van der Waals surface area contributed by atoms with Crippen LogP contribution in [0.4, 0.5) is 20.5 Å². The average Bonchev–Trinajstić information content (AvgIpc) is 3.55. The van der Waals surface area contributed by atoms with Gasteiger partial charge in [-0.05, 0) is 62.9 Å². The summed E-state index contributed by atoms with van der Waals surface area (Å²) in [5, 5.41) is 15.3. The number of piperazine rings is 1. The molecule has 3 aliphatic rings. The summed E-state index contributed by atoms with van der Waals surface area (Å²) < 4.78 is 31.5. The molecule has 2 unspecified atom stereocenters. The van der Waals surface area contributed by atoms with Crippen LogP contribution < -0.4 is 15.1 Å². The van der Waals surface area contributed by atoms with E-state index in [4.69, 9.17) is 16.4 Å². The summed E-state index contributed by atoms with van der Waals surface area (Å²) in [5.41, 5.74) is 0.275. The maximum atomic E-state index is 16.7. The van der Waals surface area contributed by atoms with Gasteiger partial charge in [-0.2, -0.15) is 4.98 Å². The molecular formula is C32H33F2N7O. The zero-order chi connectivity index (χ0) is 29.1. The predicted molar refractivity (Wildman–Crippen MR) is 161 cm³/mol. The van der Waals surface area contributed by atoms with Crippen molar-refractivity contribution in [2.45, 2.75) is 43.8 Å². The quantitative estimate of drug-likeness (QED) is 0.345. The molecule has 216 valence electrons. The molecule has 0 spiro atoms. The third-order valence-electron chi connectivity index (χ3n) is 9.25. The number of phenolic OH excluding ortho intramolecular Hbond substituents is 1. The fraction of sp³-hybridized carbons (Fsp3) is 0.406. The van der Waals surface area contributed by atoms with Gasteiger partial charge in [0, 0.05) is 62.0 Å². The van der Waals surface area contributed by atoms with Crippen LogP contribution in [0.15, 0.2) is 30.5 Å². The van der Waals surface area contributed by atoms with Crippen molar-refractivity contribution in [1.82, 2.24) is 25.2 Å². The lowest BCUT2D eigenvalue weighted by Crippen LogP contribution is -2.52. The minimum absolute atomic E-state index is 0.00966. The number of phenols is 1. The van der Waals surface area contributed by atoms with E-state index in [1.807, 2.05) is 7.05 Å². The Hall–Kier alpha value is -4.07. The number of halogens is 2. The zero-order valence-corrected chi connectivity index (χ0v) is 23.7. The standard InChI is InChI=1S/C32H33F2N7O/c1-4-23-26(33)10-7-18-12-22(42)13-24(27(18)23)29-28(34)30-25(14-36-29)31(39(2)15-19-6-5-11-35-19)38-32(37-30)41-16-20-8-9-21(17-41)40(20)3/h1,7,10,12-14,19-21,35,42H,5-6,8-9,11,15-17H2,2-3H3/t19-,20?,21?/m1/s1. The molecule has 0 radical (unpaired) electrons. The molecule has 2 N–H and O–H groups in total. The van der Waals surface area contributed by atoms with Crippen LogP contribution in [0.25, 0.3) is 32.9 Å². The normalized spacial score (nSPS) is 22.3. The number of hydrogen-bond acceptors (Lipinski definition) is 8. The number of anilines is 2. The highest BCUT2D eigenvalue weighted by molar-refractivity contribution is 6.03. The van der Waals surface area contributed by atoms with Crippen molar-refractivity contribution in [3.05, 3.63) is 47.7 Å². The fourth-order valence-electron chi connectivity index (χ4n) is 7.01. The van der Waals surface area contributed by atoms with Gasteiger partial charge in [-0.3, -0.25) is 9.88 Å². The first-order valence-electron chi connectivity index (χ1n) is 14.5. The number of hydrogen-bond donors (Lipinski definition) is 2. The average molecular weight is 570 g/mol. The molecule has 10 heteroatoms. The van der Waals surface area contributed by atoms with Crippen LogP contribution in [-0.4, -0.2) is 83.4 Å². The van der Waals surface area contributed by atoms with Crippen molar-refractivity contribution >= 4 is 33.4 Å². The molecular weight excluding hydrogens is 536 g/mol. The second kappa shape index (κ2) is 10.3. The topological polar surface area (TPSA) is 80.7 Å². The minimum Gasteiger partial charge on any atom is -0.508 e. The van der Waals surface area contributed by atoms with Crippen LogP contribution >= 0.6 is 0 Å². The molecule has 0 aliphatic carbocycles. The summed E-state index contributed by atoms with van der Waals surface area (Å²) in [6.45, 7) is 3.24. The number of aromatic hydroxyl groups is 1. The van der Waals surface area contributed by atoms with Gasteiger partial charge in [0.2, 0.25) is 5.95 Å². The third kappa shape index (κ3) is 4.39. The van der Waals surface area contributed by atoms with Gasteiger partial charge in [0.25, 0.3) is 0 Å². The smallest absolute Gasteiger partial charge is 0.228 e. The van der Waals surface area contributed by atoms with Crippen molar-refractivity contribution in [1.29, 1.82) is 0 Å². The van der Waals surface area contributed by atoms with Crippen LogP contribution in [0.1, 0.15) is 31.2 Å². The number of fused-ring (bicyclic) bond motifs is 4. The maximum absolute atomic E-state index is 16.7. The molecule has 3 atom stereocenters. The van der Waals surface area contributed by atoms with E-state index in [0.29, 0.717) is 52.6 Å². The first kappa shape index (κ1) is 26.8. The zero-order valence-electron chi connectivity index (χ0n) is 23.7. The van der Waals surface area contributed by atoms with Crippen molar-refractivity contribution in [2.75, 3.05) is 50.1 Å². The number of terminal acetylenes is 1. The first-order chi connectivity index (χ1) is 20.3. The van der Waals surface area contributed by atoms with E-state index in [-0.39, 0.29) is 28.1 Å². The molecule has 0 saturated carbocycles. The molecule has 3 saturated heterocycles. The summed E-state index contributed by atoms with van der Waals surface area (Å²) in [5.74, 6) is 2.13. The summed E-state index contributed by atoms with van der Waals surface area (Å²) in [4.78, 5) is 21.0. The van der Waals surface area contributed by atoms with Crippen molar-refractivity contribution in [3.8, 4) is 29.4 Å². The number of rotatable bonds is 5. The highest BCUT2D eigenvalue weighted by atomic mass is 19.1. The first-order valence-corrected chi connectivity index (χ1v) is 14.5. The van der Waals surface area contributed by atoms with Crippen LogP contribution in [0.2, 0.25) is 0 Å². The van der Waals surface area contributed by atoms with Gasteiger partial charge < -0.3 is 20.2 Å². The van der Waals surface area contributed by atoms with Gasteiger partial charge in [0.05, 0.1) is 10.9 Å². The molecule has 3 aliphatic heterocycles. The molecule has 3 fully saturated rings. The number of aromatic nitrogens is 3. The Labute approximate surface area is 243 Å². The summed E-state index contributed by atoms with van der Waals surface area (Å²) >= 11 is 0. The van der Waals surface area contributed by atoms with Gasteiger partial charge in [-0.15, -0.1) is 6.42 Å². The van der Waals surface area contributed by atoms with E-state index in [1.165, 1.54) is 24.3 Å².